The molecule has 3 N–H and O–H groups in total. The minimum atomic E-state index is -0.767. The first kappa shape index (κ1) is 9.38. The van der Waals surface area contributed by atoms with Crippen LogP contribution in [0.3, 0.4) is 0 Å². The molecule has 0 spiro atoms. The van der Waals surface area contributed by atoms with Gasteiger partial charge in [0.25, 0.3) is 0 Å². The summed E-state index contributed by atoms with van der Waals surface area (Å²) in [6.45, 7) is -0.334. The molecule has 0 aliphatic heterocycles. The summed E-state index contributed by atoms with van der Waals surface area (Å²) >= 11 is 5.55. The second kappa shape index (κ2) is 3.80. The number of pyridine rings is 1. The van der Waals surface area contributed by atoms with E-state index in [0.29, 0.717) is 5.02 Å². The molecule has 0 radical (unpaired) electrons. The topological polar surface area (TPSA) is 59.1 Å². The molecule has 1 heterocycles. The molecule has 0 saturated heterocycles. The Bertz CT molecular complexity index is 282. The molecule has 0 fully saturated rings. The lowest BCUT2D eigenvalue weighted by atomic mass is 10.1. The van der Waals surface area contributed by atoms with Crippen LogP contribution in [0.2, 0.25) is 5.02 Å². The summed E-state index contributed by atoms with van der Waals surface area (Å²) in [7, 11) is 0. The van der Waals surface area contributed by atoms with Gasteiger partial charge in [0.15, 0.2) is 0 Å². The zero-order chi connectivity index (χ0) is 9.14. The largest absolute Gasteiger partial charge is 0.394 e. The molecule has 12 heavy (non-hydrogen) atoms. The van der Waals surface area contributed by atoms with Gasteiger partial charge in [0.2, 0.25) is 5.95 Å². The van der Waals surface area contributed by atoms with Crippen LogP contribution in [-0.2, 0) is 0 Å². The van der Waals surface area contributed by atoms with Crippen LogP contribution in [0, 0.1) is 5.95 Å². The SMILES string of the molecule is N[C@@H](CO)c1cc(Cl)cnc1F. The Balaban J connectivity index is 3.04. The first-order chi connectivity index (χ1) is 5.65. The van der Waals surface area contributed by atoms with Gasteiger partial charge in [-0.2, -0.15) is 4.39 Å². The maximum absolute atomic E-state index is 12.8. The van der Waals surface area contributed by atoms with Gasteiger partial charge in [-0.1, -0.05) is 11.6 Å². The Kier molecular flexibility index (Phi) is 2.97. The van der Waals surface area contributed by atoms with E-state index in [9.17, 15) is 4.39 Å². The molecule has 3 nitrogen and oxygen atoms in total. The molecule has 1 aromatic heterocycles. The lowest BCUT2D eigenvalue weighted by Gasteiger charge is -2.08. The zero-order valence-corrected chi connectivity index (χ0v) is 6.92. The van der Waals surface area contributed by atoms with Crippen LogP contribution in [0.5, 0.6) is 0 Å². The van der Waals surface area contributed by atoms with Crippen LogP contribution in [0.4, 0.5) is 4.39 Å². The molecule has 0 bridgehead atoms. The van der Waals surface area contributed by atoms with E-state index in [4.69, 9.17) is 22.4 Å². The summed E-state index contributed by atoms with van der Waals surface area (Å²) in [5.41, 5.74) is 5.50. The van der Waals surface area contributed by atoms with Gasteiger partial charge in [0.1, 0.15) is 0 Å². The highest BCUT2D eigenvalue weighted by Gasteiger charge is 2.11. The standard InChI is InChI=1S/C7H8ClFN2O/c8-4-1-5(6(10)3-12)7(9)11-2-4/h1-2,6,12H,3,10H2/t6-/m0/s1. The van der Waals surface area contributed by atoms with Crippen molar-refractivity contribution in [3.8, 4) is 0 Å². The van der Waals surface area contributed by atoms with Crippen LogP contribution in [0.1, 0.15) is 11.6 Å². The van der Waals surface area contributed by atoms with E-state index in [0.717, 1.165) is 0 Å². The normalized spacial score (nSPS) is 13.0. The molecule has 1 rings (SSSR count). The third-order valence-electron chi connectivity index (χ3n) is 1.43. The molecule has 5 heteroatoms. The first-order valence-electron chi connectivity index (χ1n) is 3.32. The minimum absolute atomic E-state index is 0.130. The van der Waals surface area contributed by atoms with E-state index in [1.807, 2.05) is 0 Å². The second-order valence-electron chi connectivity index (χ2n) is 2.32. The monoisotopic (exact) mass is 190 g/mol. The Hall–Kier alpha value is -0.710. The summed E-state index contributed by atoms with van der Waals surface area (Å²) in [5.74, 6) is -0.694. The summed E-state index contributed by atoms with van der Waals surface area (Å²) in [5, 5.41) is 8.94. The number of halogens is 2. The van der Waals surface area contributed by atoms with E-state index in [2.05, 4.69) is 4.98 Å². The average Bonchev–Trinajstić information content (AvgIpc) is 2.08. The van der Waals surface area contributed by atoms with E-state index in [1.54, 1.807) is 0 Å². The van der Waals surface area contributed by atoms with Crippen LogP contribution in [0.15, 0.2) is 12.3 Å². The number of rotatable bonds is 2. The summed E-state index contributed by atoms with van der Waals surface area (Å²) < 4.78 is 12.8. The van der Waals surface area contributed by atoms with Crippen molar-refractivity contribution in [3.05, 3.63) is 28.8 Å². The Morgan fingerprint density at radius 3 is 3.00 bits per heavy atom. The summed E-state index contributed by atoms with van der Waals surface area (Å²) in [4.78, 5) is 3.36. The zero-order valence-electron chi connectivity index (χ0n) is 6.17. The van der Waals surface area contributed by atoms with Gasteiger partial charge in [-0.05, 0) is 6.07 Å². The van der Waals surface area contributed by atoms with E-state index >= 15 is 0 Å². The third kappa shape index (κ3) is 1.91. The van der Waals surface area contributed by atoms with Crippen LogP contribution < -0.4 is 5.73 Å². The minimum Gasteiger partial charge on any atom is -0.394 e. The summed E-state index contributed by atoms with van der Waals surface area (Å²) in [6.07, 6.45) is 1.19. The average molecular weight is 191 g/mol. The van der Waals surface area contributed by atoms with Crippen molar-refractivity contribution in [1.82, 2.24) is 4.98 Å². The van der Waals surface area contributed by atoms with Gasteiger partial charge < -0.3 is 10.8 Å². The lowest BCUT2D eigenvalue weighted by molar-refractivity contribution is 0.264. The van der Waals surface area contributed by atoms with Crippen molar-refractivity contribution in [2.24, 2.45) is 5.73 Å². The molecule has 66 valence electrons. The van der Waals surface area contributed by atoms with Gasteiger partial charge in [0.05, 0.1) is 17.7 Å². The Morgan fingerprint density at radius 1 is 1.75 bits per heavy atom. The maximum atomic E-state index is 12.8. The quantitative estimate of drug-likeness (QED) is 0.681. The van der Waals surface area contributed by atoms with Gasteiger partial charge in [-0.15, -0.1) is 0 Å². The van der Waals surface area contributed by atoms with Crippen molar-refractivity contribution in [2.45, 2.75) is 6.04 Å². The Morgan fingerprint density at radius 2 is 2.42 bits per heavy atom. The number of nitrogens with two attached hydrogens (primary N) is 1. The molecule has 1 atom stereocenters. The first-order valence-corrected chi connectivity index (χ1v) is 3.70. The predicted molar refractivity (Wildman–Crippen MR) is 43.2 cm³/mol. The highest BCUT2D eigenvalue weighted by Crippen LogP contribution is 2.17. The van der Waals surface area contributed by atoms with Gasteiger partial charge in [0, 0.05) is 11.8 Å². The lowest BCUT2D eigenvalue weighted by Crippen LogP contribution is -2.16. The molecule has 0 unspecified atom stereocenters. The van der Waals surface area contributed by atoms with Gasteiger partial charge in [-0.25, -0.2) is 4.98 Å². The van der Waals surface area contributed by atoms with Crippen molar-refractivity contribution < 1.29 is 9.50 Å². The second-order valence-corrected chi connectivity index (χ2v) is 2.76. The van der Waals surface area contributed by atoms with Crippen molar-refractivity contribution in [2.75, 3.05) is 6.61 Å². The molecular formula is C7H8ClFN2O. The van der Waals surface area contributed by atoms with Gasteiger partial charge >= 0.3 is 0 Å². The molecule has 0 aromatic carbocycles. The highest BCUT2D eigenvalue weighted by atomic mass is 35.5. The predicted octanol–water partition coefficient (Wildman–Crippen LogP) is 0.866. The molecule has 0 amide bonds. The molecule has 0 aliphatic rings. The summed E-state index contributed by atoms with van der Waals surface area (Å²) in [6, 6.07) is 0.585. The fourth-order valence-electron chi connectivity index (χ4n) is 0.797. The number of aliphatic hydroxyl groups is 1. The highest BCUT2D eigenvalue weighted by molar-refractivity contribution is 6.30. The van der Waals surface area contributed by atoms with E-state index in [-0.39, 0.29) is 12.2 Å². The number of aromatic nitrogens is 1. The van der Waals surface area contributed by atoms with Crippen molar-refractivity contribution >= 4 is 11.6 Å². The van der Waals surface area contributed by atoms with E-state index in [1.165, 1.54) is 12.3 Å². The molecule has 0 saturated carbocycles. The molecule has 1 aromatic rings. The number of hydrogen-bond acceptors (Lipinski definition) is 3. The molecule has 0 aliphatic carbocycles. The fourth-order valence-corrected chi connectivity index (χ4v) is 0.963. The fraction of sp³-hybridized carbons (Fsp3) is 0.286. The van der Waals surface area contributed by atoms with Crippen molar-refractivity contribution in [3.63, 3.8) is 0 Å². The molecular weight excluding hydrogens is 183 g/mol. The Labute approximate surface area is 74.0 Å². The van der Waals surface area contributed by atoms with Gasteiger partial charge in [-0.3, -0.25) is 0 Å². The van der Waals surface area contributed by atoms with Crippen LogP contribution >= 0.6 is 11.6 Å². The number of hydrogen-bond donors (Lipinski definition) is 2. The van der Waals surface area contributed by atoms with Crippen LogP contribution in [-0.4, -0.2) is 16.7 Å². The number of nitrogens with zero attached hydrogens (tertiary/aromatic N) is 1. The smallest absolute Gasteiger partial charge is 0.217 e. The van der Waals surface area contributed by atoms with Crippen molar-refractivity contribution in [1.29, 1.82) is 0 Å². The van der Waals surface area contributed by atoms with Crippen LogP contribution in [0.25, 0.3) is 0 Å². The van der Waals surface area contributed by atoms with E-state index < -0.39 is 12.0 Å². The third-order valence-corrected chi connectivity index (χ3v) is 1.64. The maximum Gasteiger partial charge on any atom is 0.217 e. The number of aliphatic hydroxyl groups excluding tert-OH is 1.